The molecule has 0 bridgehead atoms. The number of likely N-dealkylation sites (tertiary alicyclic amines) is 1. The number of nitrogens with two attached hydrogens (primary N) is 1. The molecule has 2 N–H and O–H groups in total. The van der Waals surface area contributed by atoms with Gasteiger partial charge in [-0.2, -0.15) is 0 Å². The molecular weight excluding hydrogens is 204 g/mol. The smallest absolute Gasteiger partial charge is 0.229 e. The molecule has 1 fully saturated rings. The summed E-state index contributed by atoms with van der Waals surface area (Å²) in [6, 6.07) is 0. The van der Waals surface area contributed by atoms with Crippen LogP contribution in [-0.4, -0.2) is 29.8 Å². The van der Waals surface area contributed by atoms with Crippen LogP contribution < -0.4 is 5.73 Å². The van der Waals surface area contributed by atoms with Crippen LogP contribution in [0, 0.1) is 0 Å². The Kier molecular flexibility index (Phi) is 6.49. The number of amides is 2. The number of rotatable bonds is 5. The second kappa shape index (κ2) is 6.79. The van der Waals surface area contributed by atoms with Crippen LogP contribution in [0.15, 0.2) is 0 Å². The summed E-state index contributed by atoms with van der Waals surface area (Å²) in [4.78, 5) is 23.6. The summed E-state index contributed by atoms with van der Waals surface area (Å²) in [5.41, 5.74) is 5.33. The maximum atomic E-state index is 11.1. The monoisotopic (exact) mass is 220 g/mol. The number of hydrogen-bond acceptors (Lipinski definition) is 3. The zero-order chi connectivity index (χ0) is 9.68. The van der Waals surface area contributed by atoms with Crippen molar-refractivity contribution in [3.05, 3.63) is 0 Å². The van der Waals surface area contributed by atoms with Crippen molar-refractivity contribution in [2.24, 2.45) is 5.73 Å². The molecule has 4 nitrogen and oxygen atoms in total. The van der Waals surface area contributed by atoms with Crippen LogP contribution >= 0.6 is 12.4 Å². The summed E-state index contributed by atoms with van der Waals surface area (Å²) in [6.07, 6.45) is 3.64. The standard InChI is InChI=1S/C9H16N2O2.ClH/c10-6-2-1-3-7-11-8(12)4-5-9(11)13;/h1-7,10H2;1H. The van der Waals surface area contributed by atoms with E-state index in [4.69, 9.17) is 5.73 Å². The minimum Gasteiger partial charge on any atom is -0.330 e. The molecule has 1 saturated heterocycles. The summed E-state index contributed by atoms with van der Waals surface area (Å²) < 4.78 is 0. The largest absolute Gasteiger partial charge is 0.330 e. The Morgan fingerprint density at radius 2 is 1.64 bits per heavy atom. The molecule has 0 saturated carbocycles. The van der Waals surface area contributed by atoms with E-state index in [1.54, 1.807) is 0 Å². The average Bonchev–Trinajstić information content (AvgIpc) is 2.42. The molecule has 5 heteroatoms. The molecule has 0 unspecified atom stereocenters. The molecule has 1 heterocycles. The van der Waals surface area contributed by atoms with Crippen molar-refractivity contribution < 1.29 is 9.59 Å². The van der Waals surface area contributed by atoms with Crippen LogP contribution in [-0.2, 0) is 9.59 Å². The summed E-state index contributed by atoms with van der Waals surface area (Å²) >= 11 is 0. The van der Waals surface area contributed by atoms with Crippen LogP contribution in [0.2, 0.25) is 0 Å². The lowest BCUT2D eigenvalue weighted by atomic mass is 10.2. The third-order valence-electron chi connectivity index (χ3n) is 2.24. The van der Waals surface area contributed by atoms with Crippen molar-refractivity contribution in [3.8, 4) is 0 Å². The fourth-order valence-electron chi connectivity index (χ4n) is 1.46. The van der Waals surface area contributed by atoms with Gasteiger partial charge in [0.15, 0.2) is 0 Å². The van der Waals surface area contributed by atoms with Gasteiger partial charge in [0, 0.05) is 19.4 Å². The highest BCUT2D eigenvalue weighted by Crippen LogP contribution is 2.12. The SMILES string of the molecule is Cl.NCCCCCN1C(=O)CCC1=O. The van der Waals surface area contributed by atoms with Gasteiger partial charge in [0.1, 0.15) is 0 Å². The number of carbonyl (C=O) groups is 2. The van der Waals surface area contributed by atoms with E-state index in [0.29, 0.717) is 25.9 Å². The topological polar surface area (TPSA) is 63.4 Å². The van der Waals surface area contributed by atoms with Gasteiger partial charge in [-0.15, -0.1) is 12.4 Å². The molecule has 1 aliphatic rings. The Balaban J connectivity index is 0.00000169. The predicted octanol–water partition coefficient (Wildman–Crippen LogP) is 0.686. The third-order valence-corrected chi connectivity index (χ3v) is 2.24. The molecule has 0 aromatic heterocycles. The molecule has 2 amide bonds. The lowest BCUT2D eigenvalue weighted by molar-refractivity contribution is -0.138. The van der Waals surface area contributed by atoms with Gasteiger partial charge in [-0.3, -0.25) is 14.5 Å². The van der Waals surface area contributed by atoms with Crippen molar-refractivity contribution in [3.63, 3.8) is 0 Å². The second-order valence-corrected chi connectivity index (χ2v) is 3.29. The fourth-order valence-corrected chi connectivity index (χ4v) is 1.46. The molecule has 1 aliphatic heterocycles. The lowest BCUT2D eigenvalue weighted by Gasteiger charge is -2.12. The van der Waals surface area contributed by atoms with Gasteiger partial charge in [-0.1, -0.05) is 6.42 Å². The lowest BCUT2D eigenvalue weighted by Crippen LogP contribution is -2.30. The molecule has 0 aromatic carbocycles. The van der Waals surface area contributed by atoms with E-state index < -0.39 is 0 Å². The Morgan fingerprint density at radius 1 is 1.07 bits per heavy atom. The zero-order valence-corrected chi connectivity index (χ0v) is 9.02. The van der Waals surface area contributed by atoms with Crippen molar-refractivity contribution >= 4 is 24.2 Å². The number of imide groups is 1. The molecule has 0 aliphatic carbocycles. The summed E-state index contributed by atoms with van der Waals surface area (Å²) in [5, 5.41) is 0. The van der Waals surface area contributed by atoms with Crippen molar-refractivity contribution in [2.75, 3.05) is 13.1 Å². The van der Waals surface area contributed by atoms with E-state index in [1.807, 2.05) is 0 Å². The number of unbranched alkanes of at least 4 members (excludes halogenated alkanes) is 2. The molecule has 82 valence electrons. The van der Waals surface area contributed by atoms with Crippen LogP contribution in [0.25, 0.3) is 0 Å². The maximum absolute atomic E-state index is 11.1. The number of halogens is 1. The van der Waals surface area contributed by atoms with Crippen LogP contribution in [0.4, 0.5) is 0 Å². The normalized spacial score (nSPS) is 15.9. The van der Waals surface area contributed by atoms with E-state index in [1.165, 1.54) is 4.90 Å². The minimum absolute atomic E-state index is 0. The first kappa shape index (κ1) is 13.4. The van der Waals surface area contributed by atoms with Gasteiger partial charge in [-0.25, -0.2) is 0 Å². The van der Waals surface area contributed by atoms with Gasteiger partial charge in [0.2, 0.25) is 11.8 Å². The van der Waals surface area contributed by atoms with Gasteiger partial charge in [0.05, 0.1) is 0 Å². The van der Waals surface area contributed by atoms with Crippen molar-refractivity contribution in [1.29, 1.82) is 0 Å². The Labute approximate surface area is 90.2 Å². The molecule has 0 radical (unpaired) electrons. The summed E-state index contributed by atoms with van der Waals surface area (Å²) in [7, 11) is 0. The van der Waals surface area contributed by atoms with Gasteiger partial charge in [0.25, 0.3) is 0 Å². The molecule has 0 aromatic rings. The van der Waals surface area contributed by atoms with Crippen molar-refractivity contribution in [1.82, 2.24) is 4.90 Å². The Bertz CT molecular complexity index is 193. The van der Waals surface area contributed by atoms with Crippen LogP contribution in [0.5, 0.6) is 0 Å². The highest BCUT2D eigenvalue weighted by atomic mass is 35.5. The highest BCUT2D eigenvalue weighted by molar-refractivity contribution is 6.01. The van der Waals surface area contributed by atoms with E-state index in [2.05, 4.69) is 0 Å². The van der Waals surface area contributed by atoms with E-state index in [9.17, 15) is 9.59 Å². The van der Waals surface area contributed by atoms with E-state index in [-0.39, 0.29) is 24.2 Å². The Hall–Kier alpha value is -0.610. The van der Waals surface area contributed by atoms with E-state index >= 15 is 0 Å². The number of hydrogen-bond donors (Lipinski definition) is 1. The number of carbonyl (C=O) groups excluding carboxylic acids is 2. The second-order valence-electron chi connectivity index (χ2n) is 3.29. The van der Waals surface area contributed by atoms with Gasteiger partial charge in [-0.05, 0) is 19.4 Å². The molecule has 14 heavy (non-hydrogen) atoms. The van der Waals surface area contributed by atoms with Crippen molar-refractivity contribution in [2.45, 2.75) is 32.1 Å². The average molecular weight is 221 g/mol. The quantitative estimate of drug-likeness (QED) is 0.548. The molecule has 1 rings (SSSR count). The van der Waals surface area contributed by atoms with Gasteiger partial charge >= 0.3 is 0 Å². The highest BCUT2D eigenvalue weighted by Gasteiger charge is 2.27. The van der Waals surface area contributed by atoms with Crippen LogP contribution in [0.1, 0.15) is 32.1 Å². The molecular formula is C9H17ClN2O2. The maximum Gasteiger partial charge on any atom is 0.229 e. The third kappa shape index (κ3) is 3.64. The minimum atomic E-state index is -0.0160. The molecule has 0 atom stereocenters. The summed E-state index contributed by atoms with van der Waals surface area (Å²) in [5.74, 6) is -0.0319. The molecule has 0 spiro atoms. The summed E-state index contributed by atoms with van der Waals surface area (Å²) in [6.45, 7) is 1.26. The van der Waals surface area contributed by atoms with Gasteiger partial charge < -0.3 is 5.73 Å². The first-order valence-corrected chi connectivity index (χ1v) is 4.79. The zero-order valence-electron chi connectivity index (χ0n) is 8.20. The first-order valence-electron chi connectivity index (χ1n) is 4.79. The Morgan fingerprint density at radius 3 is 2.14 bits per heavy atom. The first-order chi connectivity index (χ1) is 6.25. The fraction of sp³-hybridized carbons (Fsp3) is 0.778. The van der Waals surface area contributed by atoms with E-state index in [0.717, 1.165) is 19.3 Å². The predicted molar refractivity (Wildman–Crippen MR) is 56.1 cm³/mol. The van der Waals surface area contributed by atoms with Crippen LogP contribution in [0.3, 0.4) is 0 Å². The number of nitrogens with zero attached hydrogens (tertiary/aromatic N) is 1.